The lowest BCUT2D eigenvalue weighted by atomic mass is 10.0. The SMILES string of the molecule is O=C(O)CON1C(=O)N2C[C@H]1CC[C@@H]2C(=O)NOC[C@@H]1CCCCCN1. The molecule has 0 saturated carbocycles. The van der Waals surface area contributed by atoms with Crippen molar-refractivity contribution < 1.29 is 29.2 Å². The van der Waals surface area contributed by atoms with Gasteiger partial charge in [-0.3, -0.25) is 14.5 Å². The Bertz CT molecular complexity index is 537. The molecule has 0 radical (unpaired) electrons. The van der Waals surface area contributed by atoms with Crippen LogP contribution in [0.3, 0.4) is 0 Å². The van der Waals surface area contributed by atoms with E-state index in [4.69, 9.17) is 14.8 Å². The number of hydroxylamine groups is 3. The number of aliphatic carboxylic acids is 1. The average Bonchev–Trinajstić information content (AvgIpc) is 2.79. The molecule has 3 aliphatic rings. The summed E-state index contributed by atoms with van der Waals surface area (Å²) in [5, 5.41) is 13.2. The minimum absolute atomic E-state index is 0.220. The average molecular weight is 370 g/mol. The molecule has 0 aromatic heterocycles. The van der Waals surface area contributed by atoms with E-state index in [1.165, 1.54) is 11.3 Å². The lowest BCUT2D eigenvalue weighted by Crippen LogP contribution is -2.50. The first-order chi connectivity index (χ1) is 12.6. The van der Waals surface area contributed by atoms with Crippen LogP contribution in [0.5, 0.6) is 0 Å². The van der Waals surface area contributed by atoms with E-state index in [-0.39, 0.29) is 18.0 Å². The summed E-state index contributed by atoms with van der Waals surface area (Å²) in [6.07, 6.45) is 5.58. The number of piperidine rings is 1. The van der Waals surface area contributed by atoms with Gasteiger partial charge in [0, 0.05) is 12.6 Å². The third kappa shape index (κ3) is 4.43. The molecule has 3 atom stereocenters. The van der Waals surface area contributed by atoms with Crippen LogP contribution in [0.2, 0.25) is 0 Å². The van der Waals surface area contributed by atoms with E-state index in [1.54, 1.807) is 0 Å². The van der Waals surface area contributed by atoms with E-state index in [1.807, 2.05) is 0 Å². The van der Waals surface area contributed by atoms with Gasteiger partial charge in [-0.05, 0) is 32.2 Å². The molecule has 0 unspecified atom stereocenters. The number of hydrogen-bond donors (Lipinski definition) is 3. The van der Waals surface area contributed by atoms with Crippen LogP contribution in [0.25, 0.3) is 0 Å². The normalized spacial score (nSPS) is 28.8. The molecule has 3 heterocycles. The maximum Gasteiger partial charge on any atom is 0.345 e. The summed E-state index contributed by atoms with van der Waals surface area (Å²) in [4.78, 5) is 47.3. The smallest absolute Gasteiger partial charge is 0.345 e. The summed E-state index contributed by atoms with van der Waals surface area (Å²) in [5.41, 5.74) is 2.46. The van der Waals surface area contributed by atoms with E-state index in [0.29, 0.717) is 26.0 Å². The zero-order valence-corrected chi connectivity index (χ0v) is 14.7. The summed E-state index contributed by atoms with van der Waals surface area (Å²) < 4.78 is 0. The molecule has 0 aromatic carbocycles. The van der Waals surface area contributed by atoms with Crippen molar-refractivity contribution in [1.29, 1.82) is 0 Å². The van der Waals surface area contributed by atoms with Gasteiger partial charge in [-0.15, -0.1) is 0 Å². The van der Waals surface area contributed by atoms with Crippen LogP contribution in [0.15, 0.2) is 0 Å². The van der Waals surface area contributed by atoms with Crippen molar-refractivity contribution in [3.63, 3.8) is 0 Å². The van der Waals surface area contributed by atoms with Crippen molar-refractivity contribution in [3.8, 4) is 0 Å². The van der Waals surface area contributed by atoms with Gasteiger partial charge in [-0.25, -0.2) is 15.1 Å². The summed E-state index contributed by atoms with van der Waals surface area (Å²) in [7, 11) is 0. The number of rotatable bonds is 7. The zero-order chi connectivity index (χ0) is 18.5. The molecule has 3 amide bonds. The second-order valence-electron chi connectivity index (χ2n) is 6.95. The largest absolute Gasteiger partial charge is 0.479 e. The minimum atomic E-state index is -1.15. The number of amides is 3. The Kier molecular flexibility index (Phi) is 6.28. The monoisotopic (exact) mass is 370 g/mol. The summed E-state index contributed by atoms with van der Waals surface area (Å²) in [6, 6.07) is -1.09. The van der Waals surface area contributed by atoms with E-state index in [0.717, 1.165) is 30.9 Å². The maximum atomic E-state index is 12.4. The number of carbonyl (C=O) groups is 3. The predicted octanol–water partition coefficient (Wildman–Crippen LogP) is -0.149. The first-order valence-electron chi connectivity index (χ1n) is 9.16. The Balaban J connectivity index is 1.46. The quantitative estimate of drug-likeness (QED) is 0.533. The van der Waals surface area contributed by atoms with Crippen molar-refractivity contribution in [1.82, 2.24) is 20.8 Å². The third-order valence-corrected chi connectivity index (χ3v) is 5.07. The summed E-state index contributed by atoms with van der Waals surface area (Å²) in [5.74, 6) is -1.51. The Hall–Kier alpha value is -1.91. The summed E-state index contributed by atoms with van der Waals surface area (Å²) >= 11 is 0. The van der Waals surface area contributed by atoms with Crippen molar-refractivity contribution in [2.24, 2.45) is 0 Å². The number of carboxylic acid groups (broad SMARTS) is 1. The highest BCUT2D eigenvalue weighted by Gasteiger charge is 2.48. The van der Waals surface area contributed by atoms with Gasteiger partial charge in [0.15, 0.2) is 6.61 Å². The predicted molar refractivity (Wildman–Crippen MR) is 88.7 cm³/mol. The fourth-order valence-electron chi connectivity index (χ4n) is 3.72. The van der Waals surface area contributed by atoms with Gasteiger partial charge in [0.2, 0.25) is 0 Å². The second kappa shape index (κ2) is 8.65. The molecule has 3 saturated heterocycles. The highest BCUT2D eigenvalue weighted by molar-refractivity contribution is 5.88. The topological polar surface area (TPSA) is 120 Å². The lowest BCUT2D eigenvalue weighted by molar-refractivity contribution is -0.167. The first kappa shape index (κ1) is 18.9. The van der Waals surface area contributed by atoms with E-state index in [2.05, 4.69) is 10.8 Å². The molecular formula is C16H26N4O6. The molecule has 10 nitrogen and oxygen atoms in total. The molecule has 26 heavy (non-hydrogen) atoms. The van der Waals surface area contributed by atoms with Gasteiger partial charge < -0.3 is 15.3 Å². The molecule has 3 aliphatic heterocycles. The Morgan fingerprint density at radius 1 is 1.23 bits per heavy atom. The number of carboxylic acids is 1. The van der Waals surface area contributed by atoms with Crippen molar-refractivity contribution in [2.75, 3.05) is 26.3 Å². The number of fused-ring (bicyclic) bond motifs is 2. The number of carbonyl (C=O) groups excluding carboxylic acids is 2. The first-order valence-corrected chi connectivity index (χ1v) is 9.16. The van der Waals surface area contributed by atoms with Crippen LogP contribution in [0.1, 0.15) is 38.5 Å². The van der Waals surface area contributed by atoms with Gasteiger partial charge in [-0.1, -0.05) is 12.8 Å². The van der Waals surface area contributed by atoms with Crippen LogP contribution in [0, 0.1) is 0 Å². The number of nitrogens with zero attached hydrogens (tertiary/aromatic N) is 2. The van der Waals surface area contributed by atoms with Gasteiger partial charge in [0.05, 0.1) is 12.6 Å². The standard InChI is InChI=1S/C16H26N4O6/c21-14(22)10-26-20-12-5-6-13(19(8-12)16(20)24)15(23)18-25-9-11-4-2-1-3-7-17-11/h11-13,17H,1-10H2,(H,18,23)(H,21,22)/t11-,12+,13+/m0/s1. The summed E-state index contributed by atoms with van der Waals surface area (Å²) in [6.45, 7) is 1.12. The highest BCUT2D eigenvalue weighted by atomic mass is 16.7. The van der Waals surface area contributed by atoms with Crippen LogP contribution in [-0.2, 0) is 19.3 Å². The third-order valence-electron chi connectivity index (χ3n) is 5.07. The highest BCUT2D eigenvalue weighted by Crippen LogP contribution is 2.30. The van der Waals surface area contributed by atoms with Crippen molar-refractivity contribution in [2.45, 2.75) is 56.7 Å². The van der Waals surface area contributed by atoms with E-state index in [9.17, 15) is 14.4 Å². The maximum absolute atomic E-state index is 12.4. The second-order valence-corrected chi connectivity index (χ2v) is 6.95. The van der Waals surface area contributed by atoms with Gasteiger partial charge in [0.1, 0.15) is 6.04 Å². The Morgan fingerprint density at radius 3 is 2.88 bits per heavy atom. The Labute approximate surface area is 151 Å². The van der Waals surface area contributed by atoms with E-state index >= 15 is 0 Å². The molecular weight excluding hydrogens is 344 g/mol. The van der Waals surface area contributed by atoms with Crippen LogP contribution < -0.4 is 10.8 Å². The zero-order valence-electron chi connectivity index (χ0n) is 14.7. The van der Waals surface area contributed by atoms with E-state index < -0.39 is 24.6 Å². The number of nitrogens with one attached hydrogen (secondary N) is 2. The molecule has 3 N–H and O–H groups in total. The van der Waals surface area contributed by atoms with Gasteiger partial charge in [-0.2, -0.15) is 5.06 Å². The minimum Gasteiger partial charge on any atom is -0.479 e. The molecule has 10 heteroatoms. The molecule has 3 rings (SSSR count). The molecule has 0 spiro atoms. The van der Waals surface area contributed by atoms with Crippen LogP contribution in [0.4, 0.5) is 4.79 Å². The van der Waals surface area contributed by atoms with Gasteiger partial charge >= 0.3 is 12.0 Å². The van der Waals surface area contributed by atoms with Crippen LogP contribution >= 0.6 is 0 Å². The van der Waals surface area contributed by atoms with Gasteiger partial charge in [0.25, 0.3) is 5.91 Å². The van der Waals surface area contributed by atoms with Crippen LogP contribution in [-0.4, -0.2) is 77.4 Å². The molecule has 146 valence electrons. The lowest BCUT2D eigenvalue weighted by Gasteiger charge is -2.29. The van der Waals surface area contributed by atoms with Crippen molar-refractivity contribution >= 4 is 17.9 Å². The molecule has 2 bridgehead atoms. The number of urea groups is 1. The molecule has 0 aliphatic carbocycles. The Morgan fingerprint density at radius 2 is 2.08 bits per heavy atom. The molecule has 3 fully saturated rings. The van der Waals surface area contributed by atoms with Crippen molar-refractivity contribution in [3.05, 3.63) is 0 Å². The molecule has 0 aromatic rings. The number of hydrogen-bond acceptors (Lipinski definition) is 6. The fraction of sp³-hybridized carbons (Fsp3) is 0.812. The fourth-order valence-corrected chi connectivity index (χ4v) is 3.72.